The van der Waals surface area contributed by atoms with Gasteiger partial charge in [0.15, 0.2) is 11.5 Å². The smallest absolute Gasteiger partial charge is 0.238 e. The van der Waals surface area contributed by atoms with Gasteiger partial charge in [0.05, 0.1) is 6.54 Å². The van der Waals surface area contributed by atoms with Gasteiger partial charge < -0.3 is 14.8 Å². The van der Waals surface area contributed by atoms with E-state index in [0.29, 0.717) is 0 Å². The quantitative estimate of drug-likeness (QED) is 0.875. The van der Waals surface area contributed by atoms with Crippen molar-refractivity contribution in [2.45, 2.75) is 33.2 Å². The van der Waals surface area contributed by atoms with Crippen molar-refractivity contribution < 1.29 is 14.3 Å². The molecule has 0 unspecified atom stereocenters. The fraction of sp³-hybridized carbons (Fsp3) is 0.350. The molecular weight excluding hydrogens is 316 g/mol. The van der Waals surface area contributed by atoms with Crippen molar-refractivity contribution in [3.63, 3.8) is 0 Å². The second-order valence-corrected chi connectivity index (χ2v) is 6.89. The fourth-order valence-electron chi connectivity index (χ4n) is 2.71. The summed E-state index contributed by atoms with van der Waals surface area (Å²) in [5, 5.41) is 6.23. The van der Waals surface area contributed by atoms with E-state index < -0.39 is 0 Å². The monoisotopic (exact) mass is 340 g/mol. The van der Waals surface area contributed by atoms with Crippen LogP contribution in [0, 0.1) is 13.8 Å². The van der Waals surface area contributed by atoms with Crippen LogP contribution < -0.4 is 20.1 Å². The molecule has 2 N–H and O–H groups in total. The first-order valence-electron chi connectivity index (χ1n) is 8.37. The molecule has 1 aliphatic heterocycles. The molecule has 0 spiro atoms. The van der Waals surface area contributed by atoms with E-state index in [1.165, 1.54) is 5.56 Å². The third-order valence-corrected chi connectivity index (χ3v) is 4.58. The first kappa shape index (κ1) is 17.3. The van der Waals surface area contributed by atoms with E-state index in [9.17, 15) is 4.79 Å². The zero-order chi connectivity index (χ0) is 18.0. The van der Waals surface area contributed by atoms with Gasteiger partial charge in [-0.05, 0) is 68.7 Å². The number of nitrogens with one attached hydrogen (secondary N) is 2. The van der Waals surface area contributed by atoms with Crippen molar-refractivity contribution >= 4 is 11.6 Å². The van der Waals surface area contributed by atoms with Crippen LogP contribution in [0.25, 0.3) is 0 Å². The van der Waals surface area contributed by atoms with Gasteiger partial charge in [-0.1, -0.05) is 12.1 Å². The number of fused-ring (bicyclic) bond motifs is 1. The van der Waals surface area contributed by atoms with Gasteiger partial charge in [-0.2, -0.15) is 0 Å². The maximum atomic E-state index is 12.3. The highest BCUT2D eigenvalue weighted by atomic mass is 16.7. The van der Waals surface area contributed by atoms with E-state index in [1.807, 2.05) is 57.2 Å². The Bertz CT molecular complexity index is 800. The standard InChI is InChI=1S/C20H24N2O3/c1-13-5-7-16(9-14(13)2)22-19(23)11-21-20(3,4)15-6-8-17-18(10-15)25-12-24-17/h5-10,21H,11-12H2,1-4H3,(H,22,23). The molecule has 0 saturated heterocycles. The number of hydrogen-bond acceptors (Lipinski definition) is 4. The topological polar surface area (TPSA) is 59.6 Å². The van der Waals surface area contributed by atoms with Crippen molar-refractivity contribution in [1.29, 1.82) is 0 Å². The zero-order valence-corrected chi connectivity index (χ0v) is 15.1. The number of aryl methyl sites for hydroxylation is 2. The Morgan fingerprint density at radius 1 is 1.04 bits per heavy atom. The van der Waals surface area contributed by atoms with Crippen LogP contribution in [0.5, 0.6) is 11.5 Å². The van der Waals surface area contributed by atoms with Gasteiger partial charge >= 0.3 is 0 Å². The SMILES string of the molecule is Cc1ccc(NC(=O)CNC(C)(C)c2ccc3c(c2)OCO3)cc1C. The number of carbonyl (C=O) groups is 1. The van der Waals surface area contributed by atoms with Crippen LogP contribution in [0.1, 0.15) is 30.5 Å². The summed E-state index contributed by atoms with van der Waals surface area (Å²) >= 11 is 0. The van der Waals surface area contributed by atoms with E-state index in [4.69, 9.17) is 9.47 Å². The average Bonchev–Trinajstić information content (AvgIpc) is 3.04. The zero-order valence-electron chi connectivity index (χ0n) is 15.1. The first-order chi connectivity index (χ1) is 11.8. The van der Waals surface area contributed by atoms with Crippen molar-refractivity contribution in [2.75, 3.05) is 18.7 Å². The second kappa shape index (κ2) is 6.76. The minimum absolute atomic E-state index is 0.0722. The molecule has 5 nitrogen and oxygen atoms in total. The van der Waals surface area contributed by atoms with Gasteiger partial charge in [0.25, 0.3) is 0 Å². The summed E-state index contributed by atoms with van der Waals surface area (Å²) in [7, 11) is 0. The first-order valence-corrected chi connectivity index (χ1v) is 8.37. The largest absolute Gasteiger partial charge is 0.454 e. The number of amides is 1. The Morgan fingerprint density at radius 2 is 1.80 bits per heavy atom. The lowest BCUT2D eigenvalue weighted by molar-refractivity contribution is -0.115. The number of anilines is 1. The Morgan fingerprint density at radius 3 is 2.56 bits per heavy atom. The molecule has 1 aliphatic rings. The fourth-order valence-corrected chi connectivity index (χ4v) is 2.71. The molecule has 5 heteroatoms. The van der Waals surface area contributed by atoms with E-state index in [1.54, 1.807) is 0 Å². The van der Waals surface area contributed by atoms with E-state index >= 15 is 0 Å². The molecule has 0 atom stereocenters. The Hall–Kier alpha value is -2.53. The van der Waals surface area contributed by atoms with E-state index in [-0.39, 0.29) is 24.8 Å². The minimum atomic E-state index is -0.373. The van der Waals surface area contributed by atoms with Crippen LogP contribution in [0.3, 0.4) is 0 Å². The molecule has 0 radical (unpaired) electrons. The number of rotatable bonds is 5. The number of benzene rings is 2. The summed E-state index contributed by atoms with van der Waals surface area (Å²) in [5.41, 5.74) is 3.85. The van der Waals surface area contributed by atoms with Crippen molar-refractivity contribution in [1.82, 2.24) is 5.32 Å². The molecular formula is C20H24N2O3. The Balaban J connectivity index is 1.61. The molecule has 1 heterocycles. The third kappa shape index (κ3) is 3.94. The van der Waals surface area contributed by atoms with Gasteiger partial charge in [0.1, 0.15) is 0 Å². The molecule has 3 rings (SSSR count). The highest BCUT2D eigenvalue weighted by molar-refractivity contribution is 5.92. The predicted octanol–water partition coefficient (Wildman–Crippen LogP) is 3.50. The summed E-state index contributed by atoms with van der Waals surface area (Å²) in [4.78, 5) is 12.3. The Labute approximate surface area is 148 Å². The maximum absolute atomic E-state index is 12.3. The lowest BCUT2D eigenvalue weighted by atomic mass is 9.94. The minimum Gasteiger partial charge on any atom is -0.454 e. The van der Waals surface area contributed by atoms with Gasteiger partial charge in [-0.25, -0.2) is 0 Å². The second-order valence-electron chi connectivity index (χ2n) is 6.89. The van der Waals surface area contributed by atoms with Crippen molar-refractivity contribution in [2.24, 2.45) is 0 Å². The summed E-state index contributed by atoms with van der Waals surface area (Å²) in [6.07, 6.45) is 0. The lowest BCUT2D eigenvalue weighted by Crippen LogP contribution is -2.41. The highest BCUT2D eigenvalue weighted by Gasteiger charge is 2.24. The molecule has 2 aromatic carbocycles. The molecule has 0 bridgehead atoms. The molecule has 132 valence electrons. The third-order valence-electron chi connectivity index (χ3n) is 4.58. The predicted molar refractivity (Wildman–Crippen MR) is 98.1 cm³/mol. The van der Waals surface area contributed by atoms with Crippen molar-refractivity contribution in [3.05, 3.63) is 53.1 Å². The number of hydrogen-bond donors (Lipinski definition) is 2. The van der Waals surface area contributed by atoms with Crippen molar-refractivity contribution in [3.8, 4) is 11.5 Å². The molecule has 25 heavy (non-hydrogen) atoms. The summed E-state index contributed by atoms with van der Waals surface area (Å²) in [6.45, 7) is 8.63. The molecule has 0 saturated carbocycles. The summed E-state index contributed by atoms with van der Waals surface area (Å²) in [6, 6.07) is 11.8. The molecule has 0 aliphatic carbocycles. The van der Waals surface area contributed by atoms with Crippen LogP contribution in [0.2, 0.25) is 0 Å². The van der Waals surface area contributed by atoms with Gasteiger partial charge in [-0.3, -0.25) is 10.1 Å². The van der Waals surface area contributed by atoms with Crippen LogP contribution in [-0.2, 0) is 10.3 Å². The van der Waals surface area contributed by atoms with E-state index in [2.05, 4.69) is 17.6 Å². The average molecular weight is 340 g/mol. The Kier molecular flexibility index (Phi) is 4.68. The van der Waals surface area contributed by atoms with Gasteiger partial charge in [0, 0.05) is 11.2 Å². The maximum Gasteiger partial charge on any atom is 0.238 e. The normalized spacial score (nSPS) is 13.0. The lowest BCUT2D eigenvalue weighted by Gasteiger charge is -2.27. The number of carbonyl (C=O) groups excluding carboxylic acids is 1. The van der Waals surface area contributed by atoms with Gasteiger partial charge in [-0.15, -0.1) is 0 Å². The van der Waals surface area contributed by atoms with Crippen LogP contribution in [0.4, 0.5) is 5.69 Å². The molecule has 1 amide bonds. The van der Waals surface area contributed by atoms with Crippen LogP contribution in [-0.4, -0.2) is 19.2 Å². The van der Waals surface area contributed by atoms with Gasteiger partial charge in [0.2, 0.25) is 12.7 Å². The van der Waals surface area contributed by atoms with Crippen LogP contribution in [0.15, 0.2) is 36.4 Å². The summed E-state index contributed by atoms with van der Waals surface area (Å²) < 4.78 is 10.8. The van der Waals surface area contributed by atoms with Crippen LogP contribution >= 0.6 is 0 Å². The number of ether oxygens (including phenoxy) is 2. The highest BCUT2D eigenvalue weighted by Crippen LogP contribution is 2.35. The summed E-state index contributed by atoms with van der Waals surface area (Å²) in [5.74, 6) is 1.43. The molecule has 0 fully saturated rings. The molecule has 0 aromatic heterocycles. The molecule has 2 aromatic rings. The van der Waals surface area contributed by atoms with E-state index in [0.717, 1.165) is 28.3 Å².